The van der Waals surface area contributed by atoms with E-state index in [1.807, 2.05) is 30.3 Å². The standard InChI is InChI=1S/C11H11N3O2/c15-14(16)11-8-12-6-7-13(11)9-10-4-2-1-3-5-10/h1-8,11H,9H2/p+1. The van der Waals surface area contributed by atoms with Crippen molar-refractivity contribution in [2.75, 3.05) is 0 Å². The van der Waals surface area contributed by atoms with Crippen LogP contribution in [0.15, 0.2) is 42.7 Å². The lowest BCUT2D eigenvalue weighted by Gasteiger charge is -2.20. The van der Waals surface area contributed by atoms with Gasteiger partial charge in [-0.15, -0.1) is 0 Å². The normalized spacial score (nSPS) is 18.8. The van der Waals surface area contributed by atoms with E-state index < -0.39 is 6.17 Å². The van der Waals surface area contributed by atoms with Crippen LogP contribution in [0.5, 0.6) is 0 Å². The van der Waals surface area contributed by atoms with Crippen molar-refractivity contribution in [2.24, 2.45) is 0 Å². The molecule has 0 bridgehead atoms. The van der Waals surface area contributed by atoms with E-state index in [4.69, 9.17) is 0 Å². The zero-order chi connectivity index (χ0) is 11.4. The van der Waals surface area contributed by atoms with Gasteiger partial charge in [0.2, 0.25) is 6.21 Å². The molecule has 0 saturated carbocycles. The van der Waals surface area contributed by atoms with Gasteiger partial charge in [0, 0.05) is 6.54 Å². The lowest BCUT2D eigenvalue weighted by Crippen LogP contribution is -2.68. The first-order valence-corrected chi connectivity index (χ1v) is 4.96. The van der Waals surface area contributed by atoms with Crippen molar-refractivity contribution in [3.05, 3.63) is 58.4 Å². The van der Waals surface area contributed by atoms with Crippen molar-refractivity contribution in [1.29, 1.82) is 0 Å². The molecular weight excluding hydrogens is 206 g/mol. The number of hydrogen-bond donors (Lipinski definition) is 1. The van der Waals surface area contributed by atoms with E-state index in [1.54, 1.807) is 17.3 Å². The molecule has 1 aromatic carbocycles. The molecule has 0 amide bonds. The number of nitro groups is 1. The van der Waals surface area contributed by atoms with Crippen LogP contribution in [0.25, 0.3) is 0 Å². The highest BCUT2D eigenvalue weighted by Gasteiger charge is 2.29. The van der Waals surface area contributed by atoms with Crippen LogP contribution >= 0.6 is 0 Å². The summed E-state index contributed by atoms with van der Waals surface area (Å²) in [4.78, 5) is 14.9. The predicted octanol–water partition coefficient (Wildman–Crippen LogP) is -0.272. The molecule has 0 aromatic heterocycles. The summed E-state index contributed by atoms with van der Waals surface area (Å²) in [6, 6.07) is 9.67. The van der Waals surface area contributed by atoms with Crippen molar-refractivity contribution in [1.82, 2.24) is 4.90 Å². The van der Waals surface area contributed by atoms with Crippen LogP contribution in [0.4, 0.5) is 0 Å². The molecule has 1 N–H and O–H groups in total. The van der Waals surface area contributed by atoms with Crippen LogP contribution in [0.1, 0.15) is 5.56 Å². The van der Waals surface area contributed by atoms with Crippen LogP contribution < -0.4 is 4.99 Å². The number of rotatable bonds is 3. The van der Waals surface area contributed by atoms with Gasteiger partial charge in [0.15, 0.2) is 6.20 Å². The highest BCUT2D eigenvalue weighted by Crippen LogP contribution is 2.08. The Morgan fingerprint density at radius 1 is 1.38 bits per heavy atom. The zero-order valence-corrected chi connectivity index (χ0v) is 8.61. The summed E-state index contributed by atoms with van der Waals surface area (Å²) in [7, 11) is 0. The van der Waals surface area contributed by atoms with Crippen LogP contribution in [-0.4, -0.2) is 22.2 Å². The highest BCUT2D eigenvalue weighted by atomic mass is 16.6. The van der Waals surface area contributed by atoms with Crippen molar-refractivity contribution >= 4 is 6.21 Å². The summed E-state index contributed by atoms with van der Waals surface area (Å²) in [5.74, 6) is 0. The van der Waals surface area contributed by atoms with Gasteiger partial charge in [-0.05, 0) is 5.56 Å². The van der Waals surface area contributed by atoms with E-state index in [0.717, 1.165) is 5.56 Å². The van der Waals surface area contributed by atoms with Gasteiger partial charge in [-0.25, -0.2) is 4.99 Å². The lowest BCUT2D eigenvalue weighted by atomic mass is 10.2. The Balaban J connectivity index is 2.12. The van der Waals surface area contributed by atoms with Gasteiger partial charge in [-0.1, -0.05) is 30.3 Å². The van der Waals surface area contributed by atoms with E-state index in [1.165, 1.54) is 6.21 Å². The van der Waals surface area contributed by atoms with Crippen molar-refractivity contribution < 1.29 is 9.92 Å². The lowest BCUT2D eigenvalue weighted by molar-refractivity contribution is -0.539. The summed E-state index contributed by atoms with van der Waals surface area (Å²) in [5, 5.41) is 10.8. The Morgan fingerprint density at radius 2 is 2.12 bits per heavy atom. The quantitative estimate of drug-likeness (QED) is 0.561. The predicted molar refractivity (Wildman–Crippen MR) is 58.9 cm³/mol. The second kappa shape index (κ2) is 4.57. The van der Waals surface area contributed by atoms with Gasteiger partial charge in [-0.2, -0.15) is 0 Å². The van der Waals surface area contributed by atoms with Crippen LogP contribution in [0.3, 0.4) is 0 Å². The summed E-state index contributed by atoms with van der Waals surface area (Å²) >= 11 is 0. The summed E-state index contributed by atoms with van der Waals surface area (Å²) in [5.41, 5.74) is 1.05. The Labute approximate surface area is 92.9 Å². The minimum absolute atomic E-state index is 0.320. The summed E-state index contributed by atoms with van der Waals surface area (Å²) < 4.78 is 0. The van der Waals surface area contributed by atoms with Gasteiger partial charge in [0.1, 0.15) is 0 Å². The Morgan fingerprint density at radius 3 is 2.81 bits per heavy atom. The minimum atomic E-state index is -0.815. The average Bonchev–Trinajstić information content (AvgIpc) is 2.31. The maximum absolute atomic E-state index is 10.8. The van der Waals surface area contributed by atoms with E-state index in [-0.39, 0.29) is 4.92 Å². The molecule has 0 aliphatic carbocycles. The molecule has 1 heterocycles. The fourth-order valence-corrected chi connectivity index (χ4v) is 1.59. The van der Waals surface area contributed by atoms with Crippen LogP contribution in [0.2, 0.25) is 0 Å². The SMILES string of the molecule is O=[N+]([O-])C1C=[NH+]C=CN1Cc1ccccc1. The van der Waals surface area contributed by atoms with Crippen molar-refractivity contribution in [3.8, 4) is 0 Å². The number of hydrogen-bond acceptors (Lipinski definition) is 3. The van der Waals surface area contributed by atoms with Crippen LogP contribution in [-0.2, 0) is 6.54 Å². The molecule has 1 atom stereocenters. The first-order chi connectivity index (χ1) is 7.77. The van der Waals surface area contributed by atoms with Crippen LogP contribution in [0, 0.1) is 10.1 Å². The second-order valence-electron chi connectivity index (χ2n) is 3.51. The monoisotopic (exact) mass is 218 g/mol. The Hall–Kier alpha value is -2.17. The molecule has 1 aliphatic heterocycles. The molecule has 0 radical (unpaired) electrons. The largest absolute Gasteiger partial charge is 0.363 e. The van der Waals surface area contributed by atoms with Gasteiger partial charge < -0.3 is 0 Å². The minimum Gasteiger partial charge on any atom is -0.298 e. The van der Waals surface area contributed by atoms with E-state index in [0.29, 0.717) is 6.54 Å². The Bertz CT molecular complexity index is 428. The van der Waals surface area contributed by atoms with Crippen molar-refractivity contribution in [2.45, 2.75) is 12.7 Å². The van der Waals surface area contributed by atoms with Gasteiger partial charge in [-0.3, -0.25) is 15.0 Å². The first kappa shape index (κ1) is 10.4. The molecule has 16 heavy (non-hydrogen) atoms. The molecule has 0 fully saturated rings. The summed E-state index contributed by atoms with van der Waals surface area (Å²) in [6.45, 7) is 0.529. The fraction of sp³-hybridized carbons (Fsp3) is 0.182. The molecule has 1 aromatic rings. The van der Waals surface area contributed by atoms with Gasteiger partial charge in [0.25, 0.3) is 0 Å². The molecule has 0 spiro atoms. The molecule has 5 nitrogen and oxygen atoms in total. The average molecular weight is 218 g/mol. The van der Waals surface area contributed by atoms with Gasteiger partial charge in [0.05, 0.1) is 11.1 Å². The highest BCUT2D eigenvalue weighted by molar-refractivity contribution is 5.56. The number of nitrogens with zero attached hydrogens (tertiary/aromatic N) is 2. The van der Waals surface area contributed by atoms with E-state index in [9.17, 15) is 10.1 Å². The molecular formula is C11H12N3O2+. The molecule has 82 valence electrons. The molecule has 0 saturated heterocycles. The van der Waals surface area contributed by atoms with E-state index >= 15 is 0 Å². The third-order valence-corrected chi connectivity index (χ3v) is 2.37. The maximum atomic E-state index is 10.8. The fourth-order valence-electron chi connectivity index (χ4n) is 1.59. The topological polar surface area (TPSA) is 60.4 Å². The number of nitrogens with one attached hydrogen (secondary N) is 1. The Kier molecular flexibility index (Phi) is 2.95. The molecule has 2 rings (SSSR count). The molecule has 1 unspecified atom stereocenters. The first-order valence-electron chi connectivity index (χ1n) is 4.96. The van der Waals surface area contributed by atoms with Gasteiger partial charge >= 0.3 is 6.17 Å². The third-order valence-electron chi connectivity index (χ3n) is 2.37. The smallest absolute Gasteiger partial charge is 0.298 e. The third kappa shape index (κ3) is 2.25. The maximum Gasteiger partial charge on any atom is 0.363 e. The number of benzene rings is 1. The molecule has 5 heteroatoms. The van der Waals surface area contributed by atoms with Crippen molar-refractivity contribution in [3.63, 3.8) is 0 Å². The summed E-state index contributed by atoms with van der Waals surface area (Å²) in [6.07, 6.45) is 4.03. The van der Waals surface area contributed by atoms with E-state index in [2.05, 4.69) is 4.99 Å². The second-order valence-corrected chi connectivity index (χ2v) is 3.51. The molecule has 1 aliphatic rings. The zero-order valence-electron chi connectivity index (χ0n) is 8.61.